The largest absolute Gasteiger partial charge is 0.317 e. The molecule has 2 atom stereocenters. The Morgan fingerprint density at radius 1 is 1.11 bits per heavy atom. The van der Waals surface area contributed by atoms with Gasteiger partial charge in [-0.15, -0.1) is 0 Å². The molecule has 18 heavy (non-hydrogen) atoms. The minimum absolute atomic E-state index is 0.777. The minimum atomic E-state index is 0.777. The summed E-state index contributed by atoms with van der Waals surface area (Å²) in [7, 11) is 2.18. The SMILES string of the molecule is CCCCC(CC)CC(NC)C1CCC(C)CC1. The van der Waals surface area contributed by atoms with Crippen molar-refractivity contribution < 1.29 is 0 Å². The highest BCUT2D eigenvalue weighted by Gasteiger charge is 2.26. The van der Waals surface area contributed by atoms with E-state index in [2.05, 4.69) is 33.1 Å². The van der Waals surface area contributed by atoms with E-state index in [-0.39, 0.29) is 0 Å². The summed E-state index contributed by atoms with van der Waals surface area (Å²) in [5.41, 5.74) is 0. The third-order valence-electron chi connectivity index (χ3n) is 5.13. The fourth-order valence-corrected chi connectivity index (χ4v) is 3.57. The third-order valence-corrected chi connectivity index (χ3v) is 5.13. The molecule has 0 heterocycles. The zero-order chi connectivity index (χ0) is 13.4. The number of unbranched alkanes of at least 4 members (excludes halogenated alkanes) is 1. The van der Waals surface area contributed by atoms with Crippen molar-refractivity contribution in [3.8, 4) is 0 Å². The van der Waals surface area contributed by atoms with Crippen molar-refractivity contribution in [1.29, 1.82) is 0 Å². The Hall–Kier alpha value is -0.0400. The first-order valence-corrected chi connectivity index (χ1v) is 8.38. The van der Waals surface area contributed by atoms with E-state index in [1.165, 1.54) is 57.8 Å². The molecule has 1 aliphatic rings. The maximum atomic E-state index is 3.63. The maximum absolute atomic E-state index is 3.63. The Labute approximate surface area is 115 Å². The van der Waals surface area contributed by atoms with Gasteiger partial charge in [-0.3, -0.25) is 0 Å². The van der Waals surface area contributed by atoms with E-state index >= 15 is 0 Å². The second-order valence-corrected chi connectivity index (χ2v) is 6.57. The second-order valence-electron chi connectivity index (χ2n) is 6.57. The van der Waals surface area contributed by atoms with Gasteiger partial charge in [-0.1, -0.05) is 59.3 Å². The number of hydrogen-bond acceptors (Lipinski definition) is 1. The van der Waals surface area contributed by atoms with Crippen LogP contribution >= 0.6 is 0 Å². The lowest BCUT2D eigenvalue weighted by molar-refractivity contribution is 0.207. The zero-order valence-electron chi connectivity index (χ0n) is 13.2. The standard InChI is InChI=1S/C17H35N/c1-5-7-8-15(6-2)13-17(18-4)16-11-9-14(3)10-12-16/h14-18H,5-13H2,1-4H3. The van der Waals surface area contributed by atoms with Crippen LogP contribution in [0.25, 0.3) is 0 Å². The fraction of sp³-hybridized carbons (Fsp3) is 1.00. The summed E-state index contributed by atoms with van der Waals surface area (Å²) in [5.74, 6) is 2.87. The Morgan fingerprint density at radius 3 is 2.28 bits per heavy atom. The molecule has 1 N–H and O–H groups in total. The lowest BCUT2D eigenvalue weighted by atomic mass is 9.76. The summed E-state index contributed by atoms with van der Waals surface area (Å²) in [6, 6.07) is 0.777. The van der Waals surface area contributed by atoms with Crippen LogP contribution in [-0.4, -0.2) is 13.1 Å². The lowest BCUT2D eigenvalue weighted by Crippen LogP contribution is -2.37. The van der Waals surface area contributed by atoms with Crippen molar-refractivity contribution in [3.63, 3.8) is 0 Å². The molecule has 1 nitrogen and oxygen atoms in total. The van der Waals surface area contributed by atoms with Gasteiger partial charge in [-0.05, 0) is 44.1 Å². The summed E-state index contributed by atoms with van der Waals surface area (Å²) in [5, 5.41) is 3.63. The van der Waals surface area contributed by atoms with Gasteiger partial charge >= 0.3 is 0 Å². The molecular formula is C17H35N. The van der Waals surface area contributed by atoms with Crippen LogP contribution in [0.4, 0.5) is 0 Å². The molecule has 1 saturated carbocycles. The van der Waals surface area contributed by atoms with E-state index in [0.717, 1.165) is 23.8 Å². The molecule has 1 heteroatoms. The summed E-state index contributed by atoms with van der Waals surface area (Å²) in [4.78, 5) is 0. The molecule has 0 aromatic heterocycles. The molecule has 0 aromatic rings. The van der Waals surface area contributed by atoms with Gasteiger partial charge in [-0.2, -0.15) is 0 Å². The van der Waals surface area contributed by atoms with Gasteiger partial charge in [0.15, 0.2) is 0 Å². The van der Waals surface area contributed by atoms with Crippen molar-refractivity contribution >= 4 is 0 Å². The third kappa shape index (κ3) is 5.30. The predicted molar refractivity (Wildman–Crippen MR) is 81.9 cm³/mol. The van der Waals surface area contributed by atoms with Crippen molar-refractivity contribution in [1.82, 2.24) is 5.32 Å². The normalized spacial score (nSPS) is 28.0. The van der Waals surface area contributed by atoms with E-state index in [4.69, 9.17) is 0 Å². The van der Waals surface area contributed by atoms with Crippen molar-refractivity contribution in [2.75, 3.05) is 7.05 Å². The second kappa shape index (κ2) is 8.96. The number of rotatable bonds is 8. The molecule has 108 valence electrons. The van der Waals surface area contributed by atoms with E-state index in [1.54, 1.807) is 0 Å². The van der Waals surface area contributed by atoms with Crippen LogP contribution in [0.1, 0.15) is 78.6 Å². The Bertz CT molecular complexity index is 194. The highest BCUT2D eigenvalue weighted by Crippen LogP contribution is 2.33. The van der Waals surface area contributed by atoms with Crippen molar-refractivity contribution in [2.24, 2.45) is 17.8 Å². The Balaban J connectivity index is 2.39. The average molecular weight is 253 g/mol. The highest BCUT2D eigenvalue weighted by atomic mass is 14.9. The predicted octanol–water partition coefficient (Wildman–Crippen LogP) is 5.01. The van der Waals surface area contributed by atoms with E-state index in [1.807, 2.05) is 0 Å². The molecule has 0 spiro atoms. The van der Waals surface area contributed by atoms with Crippen LogP contribution in [0.5, 0.6) is 0 Å². The lowest BCUT2D eigenvalue weighted by Gasteiger charge is -2.34. The van der Waals surface area contributed by atoms with Crippen LogP contribution in [0.15, 0.2) is 0 Å². The summed E-state index contributed by atoms with van der Waals surface area (Å²) < 4.78 is 0. The van der Waals surface area contributed by atoms with E-state index in [9.17, 15) is 0 Å². The number of nitrogens with one attached hydrogen (secondary N) is 1. The quantitative estimate of drug-likeness (QED) is 0.641. The van der Waals surface area contributed by atoms with Gasteiger partial charge in [0.05, 0.1) is 0 Å². The molecule has 1 rings (SSSR count). The van der Waals surface area contributed by atoms with Crippen LogP contribution in [0, 0.1) is 17.8 Å². The van der Waals surface area contributed by atoms with Crippen molar-refractivity contribution in [2.45, 2.75) is 84.6 Å². The first kappa shape index (κ1) is 16.0. The maximum Gasteiger partial charge on any atom is 0.00949 e. The first-order chi connectivity index (χ1) is 8.71. The van der Waals surface area contributed by atoms with Gasteiger partial charge in [0.1, 0.15) is 0 Å². The molecule has 0 radical (unpaired) electrons. The average Bonchev–Trinajstić information content (AvgIpc) is 2.40. The molecule has 1 aliphatic carbocycles. The summed E-state index contributed by atoms with van der Waals surface area (Å²) >= 11 is 0. The zero-order valence-corrected chi connectivity index (χ0v) is 13.2. The smallest absolute Gasteiger partial charge is 0.00949 e. The molecule has 0 amide bonds. The van der Waals surface area contributed by atoms with E-state index in [0.29, 0.717) is 0 Å². The van der Waals surface area contributed by atoms with Gasteiger partial charge in [-0.25, -0.2) is 0 Å². The summed E-state index contributed by atoms with van der Waals surface area (Å²) in [6.07, 6.45) is 12.8. The van der Waals surface area contributed by atoms with Crippen LogP contribution in [0.3, 0.4) is 0 Å². The van der Waals surface area contributed by atoms with Crippen LogP contribution in [0.2, 0.25) is 0 Å². The van der Waals surface area contributed by atoms with Gasteiger partial charge in [0.2, 0.25) is 0 Å². The molecule has 0 aromatic carbocycles. The molecular weight excluding hydrogens is 218 g/mol. The van der Waals surface area contributed by atoms with Crippen molar-refractivity contribution in [3.05, 3.63) is 0 Å². The number of hydrogen-bond donors (Lipinski definition) is 1. The molecule has 0 aliphatic heterocycles. The Morgan fingerprint density at radius 2 is 1.78 bits per heavy atom. The molecule has 2 unspecified atom stereocenters. The molecule has 0 saturated heterocycles. The van der Waals surface area contributed by atoms with Crippen LogP contribution < -0.4 is 5.32 Å². The van der Waals surface area contributed by atoms with Gasteiger partial charge in [0.25, 0.3) is 0 Å². The Kier molecular flexibility index (Phi) is 7.97. The van der Waals surface area contributed by atoms with Gasteiger partial charge in [0, 0.05) is 6.04 Å². The monoisotopic (exact) mass is 253 g/mol. The summed E-state index contributed by atoms with van der Waals surface area (Å²) in [6.45, 7) is 7.10. The highest BCUT2D eigenvalue weighted by molar-refractivity contribution is 4.82. The van der Waals surface area contributed by atoms with Gasteiger partial charge < -0.3 is 5.32 Å². The molecule has 0 bridgehead atoms. The fourth-order valence-electron chi connectivity index (χ4n) is 3.57. The first-order valence-electron chi connectivity index (χ1n) is 8.38. The van der Waals surface area contributed by atoms with E-state index < -0.39 is 0 Å². The molecule has 1 fully saturated rings. The minimum Gasteiger partial charge on any atom is -0.317 e. The van der Waals surface area contributed by atoms with Crippen LogP contribution in [-0.2, 0) is 0 Å². The topological polar surface area (TPSA) is 12.0 Å².